The lowest BCUT2D eigenvalue weighted by atomic mass is 9.91. The molecule has 2 saturated heterocycles. The Kier molecular flexibility index (Phi) is 8.02. The summed E-state index contributed by atoms with van der Waals surface area (Å²) in [6, 6.07) is 9.04. The van der Waals surface area contributed by atoms with E-state index in [1.54, 1.807) is 12.1 Å². The van der Waals surface area contributed by atoms with E-state index in [4.69, 9.17) is 14.2 Å². The van der Waals surface area contributed by atoms with E-state index in [9.17, 15) is 19.1 Å². The highest BCUT2D eigenvalue weighted by Crippen LogP contribution is 2.36. The van der Waals surface area contributed by atoms with Gasteiger partial charge in [0.05, 0.1) is 6.04 Å². The van der Waals surface area contributed by atoms with Crippen LogP contribution in [0, 0.1) is 5.82 Å². The smallest absolute Gasteiger partial charge is 0.292 e. The maximum atomic E-state index is 14.7. The number of nitrogens with one attached hydrogen (secondary N) is 1. The molecule has 2 atom stereocenters. The number of hydrogen-bond donors (Lipinski definition) is 2. The highest BCUT2D eigenvalue weighted by Gasteiger charge is 2.31. The summed E-state index contributed by atoms with van der Waals surface area (Å²) in [4.78, 5) is 28.1. The Morgan fingerprint density at radius 3 is 2.46 bits per heavy atom. The molecule has 198 valence electrons. The molecule has 3 aliphatic heterocycles. The first kappa shape index (κ1) is 25.6. The van der Waals surface area contributed by atoms with Crippen molar-refractivity contribution in [2.24, 2.45) is 0 Å². The lowest BCUT2D eigenvalue weighted by Gasteiger charge is -2.29. The summed E-state index contributed by atoms with van der Waals surface area (Å²) in [6.45, 7) is 3.97. The van der Waals surface area contributed by atoms with Gasteiger partial charge in [0.2, 0.25) is 5.78 Å². The van der Waals surface area contributed by atoms with Crippen LogP contribution in [-0.4, -0.2) is 73.8 Å². The Hall–Kier alpha value is -3.01. The Morgan fingerprint density at radius 2 is 1.73 bits per heavy atom. The Morgan fingerprint density at radius 1 is 1.03 bits per heavy atom. The molecule has 2 aromatic rings. The van der Waals surface area contributed by atoms with Gasteiger partial charge in [-0.15, -0.1) is 0 Å². The van der Waals surface area contributed by atoms with Gasteiger partial charge in [-0.3, -0.25) is 9.59 Å². The minimum Gasteiger partial charge on any atom is -0.486 e. The molecular formula is C28H33FN2O6. The highest BCUT2D eigenvalue weighted by atomic mass is 19.1. The standard InChI is InChI=1S/C28H33FN2O6/c29-22-15-21(16-24-27(22)37-14-13-36-24)25(32)23(17-31-9-1-2-10-31)30-28(34)26(33)20-5-3-18(4-6-20)19-7-11-35-12-8-19/h3-6,15-16,19,23,25,32H,1-2,7-14,17H2,(H,30,34)/t23-,25-/m1/s1. The maximum absolute atomic E-state index is 14.7. The van der Waals surface area contributed by atoms with Gasteiger partial charge in [-0.2, -0.15) is 0 Å². The van der Waals surface area contributed by atoms with Crippen molar-refractivity contribution < 1.29 is 33.3 Å². The van der Waals surface area contributed by atoms with Crippen LogP contribution in [0.15, 0.2) is 36.4 Å². The Bertz CT molecular complexity index is 1110. The van der Waals surface area contributed by atoms with Crippen molar-refractivity contribution in [1.82, 2.24) is 10.2 Å². The van der Waals surface area contributed by atoms with Gasteiger partial charge in [0, 0.05) is 25.3 Å². The number of benzene rings is 2. The number of amides is 1. The number of halogens is 1. The molecule has 0 aliphatic carbocycles. The van der Waals surface area contributed by atoms with E-state index < -0.39 is 29.7 Å². The van der Waals surface area contributed by atoms with E-state index in [2.05, 4.69) is 10.2 Å². The third-order valence-corrected chi connectivity index (χ3v) is 7.38. The van der Waals surface area contributed by atoms with Crippen LogP contribution < -0.4 is 14.8 Å². The SMILES string of the molecule is O=C(N[C@H](CN1CCCC1)[C@H](O)c1cc(F)c2c(c1)OCCO2)C(=O)c1ccc(C2CCOCC2)cc1. The van der Waals surface area contributed by atoms with E-state index in [0.717, 1.165) is 57.6 Å². The van der Waals surface area contributed by atoms with Crippen molar-refractivity contribution in [2.75, 3.05) is 46.1 Å². The molecule has 2 aromatic carbocycles. The number of fused-ring (bicyclic) bond motifs is 1. The zero-order valence-electron chi connectivity index (χ0n) is 20.8. The normalized spacial score (nSPS) is 19.8. The summed E-state index contributed by atoms with van der Waals surface area (Å²) in [7, 11) is 0. The van der Waals surface area contributed by atoms with Crippen molar-refractivity contribution >= 4 is 11.7 Å². The molecule has 0 aromatic heterocycles. The van der Waals surface area contributed by atoms with E-state index in [1.807, 2.05) is 12.1 Å². The van der Waals surface area contributed by atoms with Crippen LogP contribution in [0.5, 0.6) is 11.5 Å². The molecular weight excluding hydrogens is 479 g/mol. The number of likely N-dealkylation sites (tertiary alicyclic amines) is 1. The number of carbonyl (C=O) groups is 2. The molecule has 2 fully saturated rings. The first-order chi connectivity index (χ1) is 18.0. The van der Waals surface area contributed by atoms with Crippen LogP contribution in [0.1, 0.15) is 59.2 Å². The van der Waals surface area contributed by atoms with Crippen LogP contribution in [0.3, 0.4) is 0 Å². The number of Topliss-reactive ketones (excluding diaryl/α,β-unsaturated/α-hetero) is 1. The molecule has 0 radical (unpaired) electrons. The number of aliphatic hydroxyl groups is 1. The van der Waals surface area contributed by atoms with Gasteiger partial charge in [0.15, 0.2) is 17.3 Å². The number of aliphatic hydroxyl groups excluding tert-OH is 1. The predicted molar refractivity (Wildman–Crippen MR) is 134 cm³/mol. The van der Waals surface area contributed by atoms with Gasteiger partial charge in [-0.1, -0.05) is 24.3 Å². The van der Waals surface area contributed by atoms with E-state index in [0.29, 0.717) is 12.5 Å². The highest BCUT2D eigenvalue weighted by molar-refractivity contribution is 6.42. The van der Waals surface area contributed by atoms with Crippen molar-refractivity contribution in [2.45, 2.75) is 43.7 Å². The van der Waals surface area contributed by atoms with E-state index in [-0.39, 0.29) is 35.8 Å². The molecule has 0 spiro atoms. The Balaban J connectivity index is 1.31. The Labute approximate surface area is 215 Å². The lowest BCUT2D eigenvalue weighted by molar-refractivity contribution is -0.118. The molecule has 5 rings (SSSR count). The van der Waals surface area contributed by atoms with Crippen LogP contribution in [0.25, 0.3) is 0 Å². The molecule has 8 nitrogen and oxygen atoms in total. The average Bonchev–Trinajstić information content (AvgIpc) is 3.45. The number of carbonyl (C=O) groups excluding carboxylic acids is 2. The number of ketones is 1. The van der Waals surface area contributed by atoms with Gasteiger partial charge >= 0.3 is 0 Å². The summed E-state index contributed by atoms with van der Waals surface area (Å²) in [5.41, 5.74) is 1.66. The summed E-state index contributed by atoms with van der Waals surface area (Å²) in [5.74, 6) is -1.50. The fourth-order valence-corrected chi connectivity index (χ4v) is 5.30. The summed E-state index contributed by atoms with van der Waals surface area (Å²) in [5, 5.41) is 13.9. The first-order valence-corrected chi connectivity index (χ1v) is 13.0. The molecule has 2 N–H and O–H groups in total. The van der Waals surface area contributed by atoms with Gasteiger partial charge in [0.25, 0.3) is 5.91 Å². The zero-order chi connectivity index (χ0) is 25.8. The third-order valence-electron chi connectivity index (χ3n) is 7.38. The quantitative estimate of drug-likeness (QED) is 0.415. The topological polar surface area (TPSA) is 97.3 Å². The fourth-order valence-electron chi connectivity index (χ4n) is 5.30. The summed E-state index contributed by atoms with van der Waals surface area (Å²) < 4.78 is 30.9. The second kappa shape index (κ2) is 11.6. The van der Waals surface area contributed by atoms with Crippen LogP contribution in [0.4, 0.5) is 4.39 Å². The number of hydrogen-bond acceptors (Lipinski definition) is 7. The van der Waals surface area contributed by atoms with Gasteiger partial charge < -0.3 is 29.5 Å². The molecule has 0 saturated carbocycles. The number of ether oxygens (including phenoxy) is 3. The monoisotopic (exact) mass is 512 g/mol. The first-order valence-electron chi connectivity index (χ1n) is 13.0. The molecule has 0 bridgehead atoms. The van der Waals surface area contributed by atoms with Crippen LogP contribution in [0.2, 0.25) is 0 Å². The minimum atomic E-state index is -1.25. The average molecular weight is 513 g/mol. The zero-order valence-corrected chi connectivity index (χ0v) is 20.8. The van der Waals surface area contributed by atoms with Gasteiger partial charge in [-0.25, -0.2) is 4.39 Å². The van der Waals surface area contributed by atoms with Gasteiger partial charge in [-0.05, 0) is 68.0 Å². The molecule has 9 heteroatoms. The van der Waals surface area contributed by atoms with Crippen molar-refractivity contribution in [3.8, 4) is 11.5 Å². The van der Waals surface area contributed by atoms with E-state index in [1.165, 1.54) is 12.1 Å². The summed E-state index contributed by atoms with van der Waals surface area (Å²) in [6.07, 6.45) is 2.66. The molecule has 3 aliphatic rings. The number of rotatable bonds is 8. The maximum Gasteiger partial charge on any atom is 0.292 e. The molecule has 3 heterocycles. The summed E-state index contributed by atoms with van der Waals surface area (Å²) >= 11 is 0. The molecule has 1 amide bonds. The van der Waals surface area contributed by atoms with Crippen molar-refractivity contribution in [3.63, 3.8) is 0 Å². The number of nitrogens with zero attached hydrogens (tertiary/aromatic N) is 1. The van der Waals surface area contributed by atoms with Gasteiger partial charge in [0.1, 0.15) is 19.3 Å². The van der Waals surface area contributed by atoms with Crippen molar-refractivity contribution in [3.05, 3.63) is 58.9 Å². The second-order valence-electron chi connectivity index (χ2n) is 9.90. The predicted octanol–water partition coefficient (Wildman–Crippen LogP) is 2.99. The fraction of sp³-hybridized carbons (Fsp3) is 0.500. The second-order valence-corrected chi connectivity index (χ2v) is 9.90. The largest absolute Gasteiger partial charge is 0.486 e. The van der Waals surface area contributed by atoms with E-state index >= 15 is 0 Å². The lowest BCUT2D eigenvalue weighted by Crippen LogP contribution is -2.48. The van der Waals surface area contributed by atoms with Crippen LogP contribution in [-0.2, 0) is 9.53 Å². The van der Waals surface area contributed by atoms with Crippen molar-refractivity contribution in [1.29, 1.82) is 0 Å². The van der Waals surface area contributed by atoms with Crippen LogP contribution >= 0.6 is 0 Å². The third kappa shape index (κ3) is 5.95. The minimum absolute atomic E-state index is 0.0155. The molecule has 37 heavy (non-hydrogen) atoms. The molecule has 0 unspecified atom stereocenters.